The zero-order valence-corrected chi connectivity index (χ0v) is 15.2. The molecular formula is C22H28O3. The molecule has 1 unspecified atom stereocenters. The second kappa shape index (κ2) is 10.5. The molecule has 0 N–H and O–H groups in total. The second-order valence-corrected chi connectivity index (χ2v) is 6.22. The van der Waals surface area contributed by atoms with Crippen molar-refractivity contribution in [2.45, 2.75) is 58.5 Å². The Morgan fingerprint density at radius 3 is 2.36 bits per heavy atom. The van der Waals surface area contributed by atoms with Crippen LogP contribution in [0.1, 0.15) is 63.2 Å². The maximum absolute atomic E-state index is 12.3. The number of carbonyl (C=O) groups is 1. The number of hydrogen-bond donors (Lipinski definition) is 0. The minimum atomic E-state index is -0.634. The van der Waals surface area contributed by atoms with Crippen LogP contribution in [0.2, 0.25) is 0 Å². The molecule has 25 heavy (non-hydrogen) atoms. The summed E-state index contributed by atoms with van der Waals surface area (Å²) in [6, 6.07) is 17.5. The van der Waals surface area contributed by atoms with E-state index in [9.17, 15) is 4.79 Å². The quantitative estimate of drug-likeness (QED) is 0.298. The lowest BCUT2D eigenvalue weighted by atomic mass is 10.1. The molecule has 0 amide bonds. The fourth-order valence-electron chi connectivity index (χ4n) is 2.83. The van der Waals surface area contributed by atoms with Gasteiger partial charge >= 0.3 is 6.16 Å². The van der Waals surface area contributed by atoms with Crippen molar-refractivity contribution in [3.63, 3.8) is 0 Å². The number of aryl methyl sites for hydroxylation is 1. The SMILES string of the molecule is CCCCCc1ccccc1OC(=O)OC(CCC)c1ccccc1. The van der Waals surface area contributed by atoms with E-state index in [1.165, 1.54) is 12.8 Å². The molecule has 0 aliphatic rings. The molecule has 0 spiro atoms. The largest absolute Gasteiger partial charge is 0.514 e. The number of carbonyl (C=O) groups excluding carboxylic acids is 1. The molecule has 0 saturated heterocycles. The lowest BCUT2D eigenvalue weighted by Gasteiger charge is -2.18. The van der Waals surface area contributed by atoms with Gasteiger partial charge in [-0.25, -0.2) is 4.79 Å². The van der Waals surface area contributed by atoms with Gasteiger partial charge in [0.15, 0.2) is 0 Å². The average Bonchev–Trinajstić information content (AvgIpc) is 2.64. The van der Waals surface area contributed by atoms with Gasteiger partial charge in [-0.15, -0.1) is 0 Å². The van der Waals surface area contributed by atoms with Gasteiger partial charge in [-0.1, -0.05) is 81.6 Å². The van der Waals surface area contributed by atoms with E-state index in [1.807, 2.05) is 54.6 Å². The third-order valence-electron chi connectivity index (χ3n) is 4.18. The van der Waals surface area contributed by atoms with E-state index in [0.29, 0.717) is 5.75 Å². The highest BCUT2D eigenvalue weighted by atomic mass is 16.7. The van der Waals surface area contributed by atoms with Gasteiger partial charge in [0.1, 0.15) is 11.9 Å². The van der Waals surface area contributed by atoms with Crippen LogP contribution in [0.4, 0.5) is 4.79 Å². The van der Waals surface area contributed by atoms with Gasteiger partial charge in [-0.05, 0) is 36.5 Å². The summed E-state index contributed by atoms with van der Waals surface area (Å²) in [5.41, 5.74) is 2.05. The zero-order chi connectivity index (χ0) is 17.9. The topological polar surface area (TPSA) is 35.5 Å². The van der Waals surface area contributed by atoms with E-state index in [0.717, 1.165) is 36.8 Å². The maximum atomic E-state index is 12.3. The summed E-state index contributed by atoms with van der Waals surface area (Å²) in [7, 11) is 0. The predicted octanol–water partition coefficient (Wildman–Crippen LogP) is 6.48. The molecule has 3 nitrogen and oxygen atoms in total. The summed E-state index contributed by atoms with van der Waals surface area (Å²) in [4.78, 5) is 12.3. The Morgan fingerprint density at radius 1 is 0.920 bits per heavy atom. The van der Waals surface area contributed by atoms with Crippen LogP contribution in [0.3, 0.4) is 0 Å². The summed E-state index contributed by atoms with van der Waals surface area (Å²) in [6.07, 6.45) is 5.14. The van der Waals surface area contributed by atoms with Crippen LogP contribution in [0.25, 0.3) is 0 Å². The van der Waals surface area contributed by atoms with Crippen LogP contribution < -0.4 is 4.74 Å². The highest BCUT2D eigenvalue weighted by molar-refractivity contribution is 5.65. The summed E-state index contributed by atoms with van der Waals surface area (Å²) in [5.74, 6) is 0.604. The summed E-state index contributed by atoms with van der Waals surface area (Å²) < 4.78 is 11.1. The Morgan fingerprint density at radius 2 is 1.64 bits per heavy atom. The number of para-hydroxylation sites is 1. The Kier molecular flexibility index (Phi) is 8.03. The molecule has 3 heteroatoms. The third kappa shape index (κ3) is 6.26. The number of benzene rings is 2. The summed E-state index contributed by atoms with van der Waals surface area (Å²) in [6.45, 7) is 4.25. The highest BCUT2D eigenvalue weighted by Gasteiger charge is 2.18. The predicted molar refractivity (Wildman–Crippen MR) is 101 cm³/mol. The van der Waals surface area contributed by atoms with E-state index in [4.69, 9.17) is 9.47 Å². The van der Waals surface area contributed by atoms with Crippen LogP contribution >= 0.6 is 0 Å². The van der Waals surface area contributed by atoms with E-state index < -0.39 is 6.16 Å². The molecule has 0 bridgehead atoms. The summed E-state index contributed by atoms with van der Waals surface area (Å²) in [5, 5.41) is 0. The van der Waals surface area contributed by atoms with Gasteiger partial charge in [-0.3, -0.25) is 0 Å². The molecule has 0 aliphatic carbocycles. The van der Waals surface area contributed by atoms with E-state index in [2.05, 4.69) is 13.8 Å². The Bertz CT molecular complexity index is 637. The fourth-order valence-corrected chi connectivity index (χ4v) is 2.83. The molecular weight excluding hydrogens is 312 g/mol. The van der Waals surface area contributed by atoms with Crippen molar-refractivity contribution in [2.24, 2.45) is 0 Å². The first kappa shape index (κ1) is 19.0. The van der Waals surface area contributed by atoms with Crippen LogP contribution in [-0.4, -0.2) is 6.16 Å². The van der Waals surface area contributed by atoms with Crippen molar-refractivity contribution in [1.29, 1.82) is 0 Å². The minimum absolute atomic E-state index is 0.272. The highest BCUT2D eigenvalue weighted by Crippen LogP contribution is 2.25. The molecule has 2 aromatic carbocycles. The molecule has 0 radical (unpaired) electrons. The van der Waals surface area contributed by atoms with Crippen molar-refractivity contribution in [3.05, 3.63) is 65.7 Å². The molecule has 2 rings (SSSR count). The van der Waals surface area contributed by atoms with E-state index >= 15 is 0 Å². The van der Waals surface area contributed by atoms with E-state index in [1.54, 1.807) is 0 Å². The molecule has 0 aliphatic heterocycles. The average molecular weight is 340 g/mol. The zero-order valence-electron chi connectivity index (χ0n) is 15.2. The van der Waals surface area contributed by atoms with Crippen LogP contribution in [0.5, 0.6) is 5.75 Å². The lowest BCUT2D eigenvalue weighted by molar-refractivity contribution is 0.0534. The molecule has 0 heterocycles. The number of hydrogen-bond acceptors (Lipinski definition) is 3. The van der Waals surface area contributed by atoms with Crippen LogP contribution in [-0.2, 0) is 11.2 Å². The minimum Gasteiger partial charge on any atom is -0.426 e. The van der Waals surface area contributed by atoms with Gasteiger partial charge in [0.2, 0.25) is 0 Å². The van der Waals surface area contributed by atoms with Gasteiger partial charge in [0, 0.05) is 0 Å². The van der Waals surface area contributed by atoms with Crippen LogP contribution in [0.15, 0.2) is 54.6 Å². The molecule has 1 atom stereocenters. The molecule has 0 aromatic heterocycles. The monoisotopic (exact) mass is 340 g/mol. The fraction of sp³-hybridized carbons (Fsp3) is 0.409. The molecule has 0 fully saturated rings. The van der Waals surface area contributed by atoms with Gasteiger partial charge < -0.3 is 9.47 Å². The Balaban J connectivity index is 2.01. The van der Waals surface area contributed by atoms with Crippen molar-refractivity contribution < 1.29 is 14.3 Å². The Labute approximate surface area is 151 Å². The second-order valence-electron chi connectivity index (χ2n) is 6.22. The van der Waals surface area contributed by atoms with Crippen LogP contribution in [0, 0.1) is 0 Å². The molecule has 134 valence electrons. The first-order chi connectivity index (χ1) is 12.2. The maximum Gasteiger partial charge on any atom is 0.514 e. The lowest BCUT2D eigenvalue weighted by Crippen LogP contribution is -2.16. The van der Waals surface area contributed by atoms with Gasteiger partial charge in [0.05, 0.1) is 0 Å². The Hall–Kier alpha value is -2.29. The number of ether oxygens (including phenoxy) is 2. The van der Waals surface area contributed by atoms with Gasteiger partial charge in [0.25, 0.3) is 0 Å². The normalized spacial score (nSPS) is 11.8. The molecule has 2 aromatic rings. The standard InChI is InChI=1S/C22H28O3/c1-3-5-7-13-19-16-10-11-17-21(19)25-22(23)24-20(12-4-2)18-14-8-6-9-15-18/h6,8-11,14-17,20H,3-5,7,12-13H2,1-2H3. The summed E-state index contributed by atoms with van der Waals surface area (Å²) >= 11 is 0. The van der Waals surface area contributed by atoms with Crippen molar-refractivity contribution in [1.82, 2.24) is 0 Å². The van der Waals surface area contributed by atoms with Crippen molar-refractivity contribution in [3.8, 4) is 5.75 Å². The first-order valence-corrected chi connectivity index (χ1v) is 9.25. The van der Waals surface area contributed by atoms with Gasteiger partial charge in [-0.2, -0.15) is 0 Å². The van der Waals surface area contributed by atoms with Crippen molar-refractivity contribution >= 4 is 6.16 Å². The third-order valence-corrected chi connectivity index (χ3v) is 4.18. The number of unbranched alkanes of at least 4 members (excludes halogenated alkanes) is 2. The smallest absolute Gasteiger partial charge is 0.426 e. The first-order valence-electron chi connectivity index (χ1n) is 9.25. The molecule has 0 saturated carbocycles. The van der Waals surface area contributed by atoms with Crippen molar-refractivity contribution in [2.75, 3.05) is 0 Å². The van der Waals surface area contributed by atoms with E-state index in [-0.39, 0.29) is 6.10 Å². The number of rotatable bonds is 9.